The van der Waals surface area contributed by atoms with Crippen LogP contribution in [0.25, 0.3) is 22.6 Å². The molecule has 5 nitrogen and oxygen atoms in total. The maximum absolute atomic E-state index is 13.2. The Balaban J connectivity index is 1.54. The second kappa shape index (κ2) is 8.30. The van der Waals surface area contributed by atoms with E-state index in [4.69, 9.17) is 0 Å². The van der Waals surface area contributed by atoms with Gasteiger partial charge in [-0.1, -0.05) is 36.4 Å². The molecule has 3 heterocycles. The van der Waals surface area contributed by atoms with Crippen molar-refractivity contribution in [1.29, 1.82) is 0 Å². The molecule has 0 radical (unpaired) electrons. The predicted molar refractivity (Wildman–Crippen MR) is 129 cm³/mol. The van der Waals surface area contributed by atoms with Gasteiger partial charge in [0, 0.05) is 52.9 Å². The molecular weight excluding hydrogens is 398 g/mol. The summed E-state index contributed by atoms with van der Waals surface area (Å²) in [6.45, 7) is 5.94. The van der Waals surface area contributed by atoms with E-state index in [9.17, 15) is 9.59 Å². The average molecular weight is 428 g/mol. The molecular formula is C27H29N3O2. The number of hydrogen-bond acceptors (Lipinski definition) is 2. The molecule has 0 aliphatic carbocycles. The highest BCUT2D eigenvalue weighted by Crippen LogP contribution is 2.38. The van der Waals surface area contributed by atoms with Crippen molar-refractivity contribution < 1.29 is 9.59 Å². The van der Waals surface area contributed by atoms with Crippen molar-refractivity contribution in [2.24, 2.45) is 0 Å². The molecule has 5 rings (SSSR count). The average Bonchev–Trinajstić information content (AvgIpc) is 3.29. The molecule has 0 unspecified atom stereocenters. The quantitative estimate of drug-likeness (QED) is 0.553. The van der Waals surface area contributed by atoms with E-state index in [1.54, 1.807) is 0 Å². The van der Waals surface area contributed by atoms with Crippen LogP contribution in [0.4, 0.5) is 5.69 Å². The van der Waals surface area contributed by atoms with Crippen LogP contribution in [-0.2, 0) is 16.1 Å². The Morgan fingerprint density at radius 1 is 1.09 bits per heavy atom. The summed E-state index contributed by atoms with van der Waals surface area (Å²) in [5, 5.41) is 1.06. The van der Waals surface area contributed by atoms with Crippen molar-refractivity contribution in [1.82, 2.24) is 9.47 Å². The first kappa shape index (κ1) is 20.6. The van der Waals surface area contributed by atoms with E-state index in [1.165, 1.54) is 6.42 Å². The Kier molecular flexibility index (Phi) is 5.33. The minimum absolute atomic E-state index is 0.0312. The molecule has 1 fully saturated rings. The summed E-state index contributed by atoms with van der Waals surface area (Å²) < 4.78 is 2.04. The number of para-hydroxylation sites is 2. The fraction of sp³-hybridized carbons (Fsp3) is 0.333. The normalized spacial score (nSPS) is 19.8. The minimum atomic E-state index is 0.0312. The van der Waals surface area contributed by atoms with Crippen molar-refractivity contribution in [3.8, 4) is 0 Å². The van der Waals surface area contributed by atoms with E-state index in [0.29, 0.717) is 24.7 Å². The van der Waals surface area contributed by atoms with Gasteiger partial charge >= 0.3 is 0 Å². The second-order valence-electron chi connectivity index (χ2n) is 8.79. The molecule has 164 valence electrons. The first-order chi connectivity index (χ1) is 15.6. The maximum Gasteiger partial charge on any atom is 0.258 e. The van der Waals surface area contributed by atoms with Gasteiger partial charge in [-0.05, 0) is 51.3 Å². The van der Waals surface area contributed by atoms with Gasteiger partial charge in [-0.25, -0.2) is 0 Å². The van der Waals surface area contributed by atoms with Crippen LogP contribution in [0.15, 0.2) is 54.7 Å². The van der Waals surface area contributed by atoms with E-state index >= 15 is 0 Å². The lowest BCUT2D eigenvalue weighted by Gasteiger charge is -2.33. The van der Waals surface area contributed by atoms with E-state index < -0.39 is 0 Å². The van der Waals surface area contributed by atoms with Gasteiger partial charge in [-0.15, -0.1) is 0 Å². The van der Waals surface area contributed by atoms with Gasteiger partial charge in [0.15, 0.2) is 0 Å². The molecule has 1 saturated heterocycles. The summed E-state index contributed by atoms with van der Waals surface area (Å²) in [6.07, 6.45) is 7.36. The summed E-state index contributed by atoms with van der Waals surface area (Å²) in [7, 11) is 0. The molecule has 0 saturated carbocycles. The first-order valence-corrected chi connectivity index (χ1v) is 11.6. The van der Waals surface area contributed by atoms with E-state index in [-0.39, 0.29) is 11.8 Å². The highest BCUT2D eigenvalue weighted by molar-refractivity contribution is 6.36. The lowest BCUT2D eigenvalue weighted by molar-refractivity contribution is -0.135. The third-order valence-electron chi connectivity index (χ3n) is 6.82. The van der Waals surface area contributed by atoms with Crippen LogP contribution in [0.2, 0.25) is 0 Å². The van der Waals surface area contributed by atoms with Gasteiger partial charge in [0.25, 0.3) is 5.91 Å². The van der Waals surface area contributed by atoms with Crippen molar-refractivity contribution >= 4 is 40.1 Å². The number of likely N-dealkylation sites (N-methyl/N-ethyl adjacent to an activating group) is 1. The Morgan fingerprint density at radius 2 is 1.88 bits per heavy atom. The number of fused-ring (bicyclic) bond motifs is 2. The van der Waals surface area contributed by atoms with Gasteiger partial charge < -0.3 is 14.4 Å². The van der Waals surface area contributed by atoms with Crippen molar-refractivity contribution in [3.63, 3.8) is 0 Å². The third-order valence-corrected chi connectivity index (χ3v) is 6.82. The summed E-state index contributed by atoms with van der Waals surface area (Å²) in [6, 6.07) is 16.4. The second-order valence-corrected chi connectivity index (χ2v) is 8.79. The topological polar surface area (TPSA) is 45.6 Å². The lowest BCUT2D eigenvalue weighted by atomic mass is 10.0. The zero-order valence-corrected chi connectivity index (χ0v) is 18.8. The number of carbonyl (C=O) groups is 2. The van der Waals surface area contributed by atoms with Crippen LogP contribution < -0.4 is 4.90 Å². The van der Waals surface area contributed by atoms with E-state index in [0.717, 1.165) is 47.1 Å². The monoisotopic (exact) mass is 427 g/mol. The molecule has 2 amide bonds. The van der Waals surface area contributed by atoms with Gasteiger partial charge in [0.2, 0.25) is 5.91 Å². The molecule has 3 aromatic rings. The number of carbonyl (C=O) groups excluding carboxylic acids is 2. The van der Waals surface area contributed by atoms with Crippen molar-refractivity contribution in [3.05, 3.63) is 65.9 Å². The zero-order chi connectivity index (χ0) is 22.2. The van der Waals surface area contributed by atoms with Crippen LogP contribution in [0.1, 0.15) is 44.2 Å². The molecule has 2 aromatic carbocycles. The first-order valence-electron chi connectivity index (χ1n) is 11.6. The smallest absolute Gasteiger partial charge is 0.258 e. The van der Waals surface area contributed by atoms with Crippen LogP contribution in [-0.4, -0.2) is 40.4 Å². The van der Waals surface area contributed by atoms with Gasteiger partial charge in [-0.3, -0.25) is 9.59 Å². The lowest BCUT2D eigenvalue weighted by Crippen LogP contribution is -2.43. The number of piperidine rings is 1. The summed E-state index contributed by atoms with van der Waals surface area (Å²) in [5.74, 6) is 0.195. The Morgan fingerprint density at radius 3 is 2.69 bits per heavy atom. The number of benzene rings is 2. The Bertz CT molecular complexity index is 1220. The number of anilines is 1. The molecule has 0 N–H and O–H groups in total. The number of aromatic nitrogens is 1. The molecule has 1 aromatic heterocycles. The summed E-state index contributed by atoms with van der Waals surface area (Å²) >= 11 is 0. The largest absolute Gasteiger partial charge is 0.338 e. The molecule has 2 aliphatic rings. The zero-order valence-electron chi connectivity index (χ0n) is 18.8. The Hall–Kier alpha value is -3.34. The van der Waals surface area contributed by atoms with Crippen molar-refractivity contribution in [2.45, 2.75) is 45.7 Å². The van der Waals surface area contributed by atoms with Gasteiger partial charge in [-0.2, -0.15) is 0 Å². The van der Waals surface area contributed by atoms with Crippen LogP contribution in [0.3, 0.4) is 0 Å². The van der Waals surface area contributed by atoms with Crippen molar-refractivity contribution in [2.75, 3.05) is 18.0 Å². The summed E-state index contributed by atoms with van der Waals surface area (Å²) in [5.41, 5.74) is 4.62. The van der Waals surface area contributed by atoms with Gasteiger partial charge in [0.05, 0.1) is 5.69 Å². The Labute approximate surface area is 188 Å². The van der Waals surface area contributed by atoms with Crippen LogP contribution >= 0.6 is 0 Å². The fourth-order valence-corrected chi connectivity index (χ4v) is 5.14. The molecule has 1 atom stereocenters. The molecule has 2 aliphatic heterocycles. The third kappa shape index (κ3) is 3.42. The molecule has 32 heavy (non-hydrogen) atoms. The molecule has 0 spiro atoms. The minimum Gasteiger partial charge on any atom is -0.338 e. The van der Waals surface area contributed by atoms with Crippen LogP contribution in [0.5, 0.6) is 0 Å². The number of amides is 2. The van der Waals surface area contributed by atoms with Gasteiger partial charge in [0.1, 0.15) is 6.54 Å². The fourth-order valence-electron chi connectivity index (χ4n) is 5.14. The van der Waals surface area contributed by atoms with Crippen LogP contribution in [0, 0.1) is 0 Å². The van der Waals surface area contributed by atoms with E-state index in [1.807, 2.05) is 76.0 Å². The molecule has 5 heteroatoms. The molecule has 0 bridgehead atoms. The maximum atomic E-state index is 13.2. The summed E-state index contributed by atoms with van der Waals surface area (Å²) in [4.78, 5) is 30.1. The van der Waals surface area contributed by atoms with E-state index in [2.05, 4.69) is 13.0 Å². The number of hydrogen-bond donors (Lipinski definition) is 0. The predicted octanol–water partition coefficient (Wildman–Crippen LogP) is 4.95. The number of nitrogens with zero attached hydrogens (tertiary/aromatic N) is 3. The number of rotatable bonds is 4. The standard InChI is InChI=1S/C27H29N3O2/c1-3-29-25-14-7-5-12-22(25)23(27(29)32)16-20-17-28(24-13-6-4-11-21(20)24)18-26(31)30-15-9-8-10-19(30)2/h4-7,11-14,16-17,19H,3,8-10,15,18H2,1-2H3/b23-16+/t19-/m1/s1. The number of likely N-dealkylation sites (tertiary alicyclic amines) is 1. The SMILES string of the molecule is CCN1C(=O)/C(=C/c2cn(CC(=O)N3CCCC[C@H]3C)c3ccccc23)c2ccccc21. The highest BCUT2D eigenvalue weighted by Gasteiger charge is 2.31. The highest BCUT2D eigenvalue weighted by atomic mass is 16.2.